The zero-order valence-corrected chi connectivity index (χ0v) is 26.0. The van der Waals surface area contributed by atoms with Gasteiger partial charge in [0.2, 0.25) is 0 Å². The average molecular weight is 643 g/mol. The van der Waals surface area contributed by atoms with Gasteiger partial charge >= 0.3 is 20.4 Å². The average Bonchev–Trinajstić information content (AvgIpc) is 2.99. The van der Waals surface area contributed by atoms with Crippen LogP contribution in [0.5, 0.6) is 0 Å². The Bertz CT molecular complexity index is 1080. The molecule has 0 radical (unpaired) electrons. The van der Waals surface area contributed by atoms with E-state index in [4.69, 9.17) is 0 Å². The molecule has 0 aliphatic rings. The fourth-order valence-corrected chi connectivity index (χ4v) is 9.27. The maximum atomic E-state index is 4.08. The van der Waals surface area contributed by atoms with Crippen LogP contribution < -0.4 is 21.2 Å². The Kier molecular flexibility index (Phi) is 16.2. The van der Waals surface area contributed by atoms with E-state index < -0.39 is 0 Å². The van der Waals surface area contributed by atoms with Gasteiger partial charge in [-0.25, -0.2) is 0 Å². The second kappa shape index (κ2) is 19.1. The zero-order chi connectivity index (χ0) is 26.1. The molecular weight excluding hydrogens is 609 g/mol. The zero-order valence-electron chi connectivity index (χ0n) is 21.9. The van der Waals surface area contributed by atoms with Crippen LogP contribution >= 0.6 is 15.8 Å². The molecule has 4 heteroatoms. The molecular formula is C34H34P2PdS. The summed E-state index contributed by atoms with van der Waals surface area (Å²) in [5.74, 6) is 0. The van der Waals surface area contributed by atoms with E-state index >= 15 is 0 Å². The maximum absolute atomic E-state index is 4.08. The van der Waals surface area contributed by atoms with Crippen LogP contribution in [0, 0.1) is 13.0 Å². The van der Waals surface area contributed by atoms with Crippen molar-refractivity contribution in [1.29, 1.82) is 0 Å². The molecule has 5 aromatic carbocycles. The summed E-state index contributed by atoms with van der Waals surface area (Å²) in [5.41, 5.74) is 1.29. The minimum absolute atomic E-state index is 0. The topological polar surface area (TPSA) is 0 Å². The van der Waals surface area contributed by atoms with Crippen molar-refractivity contribution in [2.45, 2.75) is 6.92 Å². The van der Waals surface area contributed by atoms with Gasteiger partial charge in [-0.05, 0) is 49.4 Å². The molecule has 0 unspecified atom stereocenters. The van der Waals surface area contributed by atoms with Crippen LogP contribution in [0.1, 0.15) is 5.56 Å². The maximum Gasteiger partial charge on any atom is 2.00 e. The third-order valence-electron chi connectivity index (χ3n) is 5.70. The van der Waals surface area contributed by atoms with Gasteiger partial charge in [-0.2, -0.15) is 42.2 Å². The third kappa shape index (κ3) is 10.6. The minimum atomic E-state index is -0.348. The molecule has 0 heterocycles. The van der Waals surface area contributed by atoms with Gasteiger partial charge in [0.15, 0.2) is 0 Å². The van der Waals surface area contributed by atoms with E-state index in [1.54, 1.807) is 6.26 Å². The van der Waals surface area contributed by atoms with E-state index in [0.29, 0.717) is 0 Å². The van der Waals surface area contributed by atoms with Gasteiger partial charge in [0.25, 0.3) is 0 Å². The van der Waals surface area contributed by atoms with Gasteiger partial charge in [0.1, 0.15) is 0 Å². The summed E-state index contributed by atoms with van der Waals surface area (Å²) in [5, 5.41) is 5.89. The predicted octanol–water partition coefficient (Wildman–Crippen LogP) is 7.21. The Morgan fingerprint density at radius 1 is 0.474 bits per heavy atom. The van der Waals surface area contributed by atoms with Crippen LogP contribution in [-0.4, -0.2) is 18.6 Å². The molecule has 0 aliphatic heterocycles. The molecule has 0 atom stereocenters. The van der Waals surface area contributed by atoms with Crippen LogP contribution in [0.25, 0.3) is 0 Å². The van der Waals surface area contributed by atoms with Crippen LogP contribution in [0.3, 0.4) is 0 Å². The fraction of sp³-hybridized carbons (Fsp3) is 0.118. The van der Waals surface area contributed by atoms with Crippen LogP contribution in [0.2, 0.25) is 0 Å². The van der Waals surface area contributed by atoms with Crippen LogP contribution in [-0.2, 0) is 33.1 Å². The van der Waals surface area contributed by atoms with Crippen molar-refractivity contribution in [2.75, 3.05) is 18.6 Å². The second-order valence-electron chi connectivity index (χ2n) is 8.22. The Morgan fingerprint density at radius 2 is 0.737 bits per heavy atom. The first-order chi connectivity index (χ1) is 18.3. The molecule has 0 saturated carbocycles. The number of rotatable bonds is 7. The minimum Gasteiger partial charge on any atom is -0.796 e. The number of hydrogen-bond donors (Lipinski definition) is 0. The smallest absolute Gasteiger partial charge is 0.796 e. The third-order valence-corrected chi connectivity index (χ3v) is 11.1. The summed E-state index contributed by atoms with van der Waals surface area (Å²) in [6.45, 7) is 2.06. The summed E-state index contributed by atoms with van der Waals surface area (Å²) in [6, 6.07) is 55.0. The van der Waals surface area contributed by atoms with E-state index in [0.717, 1.165) is 0 Å². The predicted molar refractivity (Wildman–Crippen MR) is 171 cm³/mol. The van der Waals surface area contributed by atoms with Crippen molar-refractivity contribution in [3.63, 3.8) is 0 Å². The van der Waals surface area contributed by atoms with E-state index in [1.165, 1.54) is 39.1 Å². The first kappa shape index (κ1) is 32.2. The van der Waals surface area contributed by atoms with Crippen LogP contribution in [0.4, 0.5) is 0 Å². The Morgan fingerprint density at radius 3 is 0.947 bits per heavy atom. The summed E-state index contributed by atoms with van der Waals surface area (Å²) < 4.78 is 0. The van der Waals surface area contributed by atoms with E-state index in [9.17, 15) is 0 Å². The van der Waals surface area contributed by atoms with Crippen molar-refractivity contribution in [3.8, 4) is 0 Å². The standard InChI is InChI=1S/C26H24P2.C7H7.CH4S.Pd/c1-5-13-23(14-6-1)27(24-15-7-2-8-16-24)21-22-28(25-17-9-3-10-18-25)26-19-11-4-12-20-26;1-7-5-3-2-4-6-7;1-2;/h1-20H,21-22H2;3-6H,1H3;2H,1H3;/q;-1;;+2/p-1. The molecule has 0 saturated heterocycles. The number of benzene rings is 5. The summed E-state index contributed by atoms with van der Waals surface area (Å²) in [4.78, 5) is 0. The molecule has 0 amide bonds. The molecule has 5 rings (SSSR count). The van der Waals surface area contributed by atoms with Gasteiger partial charge in [-0.15, -0.1) is 0 Å². The van der Waals surface area contributed by atoms with Crippen molar-refractivity contribution < 1.29 is 20.4 Å². The summed E-state index contributed by atoms with van der Waals surface area (Å²) in [7, 11) is -0.696. The van der Waals surface area contributed by atoms with Gasteiger partial charge in [-0.3, -0.25) is 0 Å². The van der Waals surface area contributed by atoms with E-state index in [-0.39, 0.29) is 36.3 Å². The van der Waals surface area contributed by atoms with E-state index in [1.807, 2.05) is 24.3 Å². The molecule has 5 aromatic rings. The van der Waals surface area contributed by atoms with Gasteiger partial charge < -0.3 is 12.6 Å². The Hall–Kier alpha value is -2.03. The first-order valence-corrected chi connectivity index (χ1v) is 16.3. The molecule has 0 nitrogen and oxygen atoms in total. The first-order valence-electron chi connectivity index (χ1n) is 12.4. The molecule has 0 aliphatic carbocycles. The normalized spacial score (nSPS) is 9.92. The molecule has 0 bridgehead atoms. The Balaban J connectivity index is 0.000000436. The van der Waals surface area contributed by atoms with Crippen molar-refractivity contribution in [3.05, 3.63) is 157 Å². The number of aryl methyl sites for hydroxylation is 1. The van der Waals surface area contributed by atoms with Crippen molar-refractivity contribution >= 4 is 49.7 Å². The molecule has 0 N–H and O–H groups in total. The Labute approximate surface area is 251 Å². The number of hydrogen-bond acceptors (Lipinski definition) is 1. The van der Waals surface area contributed by atoms with Gasteiger partial charge in [-0.1, -0.05) is 128 Å². The van der Waals surface area contributed by atoms with Gasteiger partial charge in [0, 0.05) is 0 Å². The largest absolute Gasteiger partial charge is 2.00 e. The fourth-order valence-electron chi connectivity index (χ4n) is 3.92. The van der Waals surface area contributed by atoms with Crippen molar-refractivity contribution in [1.82, 2.24) is 0 Å². The van der Waals surface area contributed by atoms with E-state index in [2.05, 4.69) is 147 Å². The SMILES string of the molecule is C[S-].Cc1cc[c-]cc1.[Pd+2].c1ccc(P(CCP(c2ccccc2)c2ccccc2)c2ccccc2)cc1. The second-order valence-corrected chi connectivity index (χ2v) is 12.9. The monoisotopic (exact) mass is 642 g/mol. The van der Waals surface area contributed by atoms with Crippen LogP contribution in [0.15, 0.2) is 146 Å². The molecule has 0 spiro atoms. The molecule has 196 valence electrons. The van der Waals surface area contributed by atoms with Gasteiger partial charge in [0.05, 0.1) is 0 Å². The van der Waals surface area contributed by atoms with Crippen molar-refractivity contribution in [2.24, 2.45) is 0 Å². The summed E-state index contributed by atoms with van der Waals surface area (Å²) >= 11 is 4.08. The molecule has 0 aromatic heterocycles. The summed E-state index contributed by atoms with van der Waals surface area (Å²) in [6.07, 6.45) is 4.00. The molecule has 0 fully saturated rings. The quantitative estimate of drug-likeness (QED) is 0.0783. The molecule has 38 heavy (non-hydrogen) atoms.